The molecule has 1 rings (SSSR count). The molecule has 2 nitrogen and oxygen atoms in total. The standard InChI is InChI=1S/C13H28N2/c1-12(2)7-4-5-9-15-10-6-8-13(11-15)14-3/h12-14H,4-11H2,1-3H3. The van der Waals surface area contributed by atoms with Crippen LogP contribution in [0.25, 0.3) is 0 Å². The van der Waals surface area contributed by atoms with Gasteiger partial charge in [-0.3, -0.25) is 0 Å². The Hall–Kier alpha value is -0.0800. The van der Waals surface area contributed by atoms with Crippen LogP contribution in [0.3, 0.4) is 0 Å². The smallest absolute Gasteiger partial charge is 0.0192 e. The predicted molar refractivity (Wildman–Crippen MR) is 67.2 cm³/mol. The molecule has 1 aliphatic rings. The first-order chi connectivity index (χ1) is 7.22. The third kappa shape index (κ3) is 5.53. The van der Waals surface area contributed by atoms with Crippen molar-refractivity contribution < 1.29 is 0 Å². The van der Waals surface area contributed by atoms with Crippen LogP contribution in [0.4, 0.5) is 0 Å². The van der Waals surface area contributed by atoms with E-state index in [-0.39, 0.29) is 0 Å². The lowest BCUT2D eigenvalue weighted by atomic mass is 10.0. The molecule has 1 saturated heterocycles. The van der Waals surface area contributed by atoms with Gasteiger partial charge in [0, 0.05) is 12.6 Å². The largest absolute Gasteiger partial charge is 0.316 e. The second kappa shape index (κ2) is 7.24. The average molecular weight is 212 g/mol. The summed E-state index contributed by atoms with van der Waals surface area (Å²) in [5.41, 5.74) is 0. The number of rotatable bonds is 6. The summed E-state index contributed by atoms with van der Waals surface area (Å²) in [4.78, 5) is 2.63. The molecule has 90 valence electrons. The lowest BCUT2D eigenvalue weighted by Crippen LogP contribution is -2.44. The van der Waals surface area contributed by atoms with Crippen molar-refractivity contribution in [3.05, 3.63) is 0 Å². The van der Waals surface area contributed by atoms with Gasteiger partial charge in [0.25, 0.3) is 0 Å². The highest BCUT2D eigenvalue weighted by Crippen LogP contribution is 2.12. The first kappa shape index (κ1) is 13.0. The van der Waals surface area contributed by atoms with Gasteiger partial charge in [-0.25, -0.2) is 0 Å². The maximum absolute atomic E-state index is 3.40. The van der Waals surface area contributed by atoms with Gasteiger partial charge in [-0.15, -0.1) is 0 Å². The maximum atomic E-state index is 3.40. The van der Waals surface area contributed by atoms with Crippen LogP contribution >= 0.6 is 0 Å². The molecule has 2 heteroatoms. The number of hydrogen-bond acceptors (Lipinski definition) is 2. The van der Waals surface area contributed by atoms with Crippen molar-refractivity contribution in [3.63, 3.8) is 0 Å². The molecule has 1 unspecified atom stereocenters. The van der Waals surface area contributed by atoms with E-state index in [1.807, 2.05) is 0 Å². The highest BCUT2D eigenvalue weighted by Gasteiger charge is 2.17. The molecule has 0 aliphatic carbocycles. The molecular formula is C13H28N2. The summed E-state index contributed by atoms with van der Waals surface area (Å²) >= 11 is 0. The predicted octanol–water partition coefficient (Wildman–Crippen LogP) is 2.50. The zero-order valence-electron chi connectivity index (χ0n) is 10.8. The SMILES string of the molecule is CNC1CCCN(CCCCC(C)C)C1. The van der Waals surface area contributed by atoms with Gasteiger partial charge in [-0.05, 0) is 45.3 Å². The van der Waals surface area contributed by atoms with Crippen LogP contribution in [-0.2, 0) is 0 Å². The van der Waals surface area contributed by atoms with Crippen LogP contribution < -0.4 is 5.32 Å². The monoisotopic (exact) mass is 212 g/mol. The maximum Gasteiger partial charge on any atom is 0.0192 e. The number of nitrogens with zero attached hydrogens (tertiary/aromatic N) is 1. The molecule has 0 radical (unpaired) electrons. The van der Waals surface area contributed by atoms with Gasteiger partial charge >= 0.3 is 0 Å². The first-order valence-corrected chi connectivity index (χ1v) is 6.62. The van der Waals surface area contributed by atoms with Crippen molar-refractivity contribution in [2.45, 2.75) is 52.0 Å². The quantitative estimate of drug-likeness (QED) is 0.681. The van der Waals surface area contributed by atoms with Crippen LogP contribution in [0.15, 0.2) is 0 Å². The number of likely N-dealkylation sites (N-methyl/N-ethyl adjacent to an activating group) is 1. The normalized spacial score (nSPS) is 23.6. The van der Waals surface area contributed by atoms with E-state index in [4.69, 9.17) is 0 Å². The number of hydrogen-bond donors (Lipinski definition) is 1. The van der Waals surface area contributed by atoms with Crippen LogP contribution in [0.5, 0.6) is 0 Å². The van der Waals surface area contributed by atoms with Gasteiger partial charge in [-0.1, -0.05) is 26.7 Å². The fourth-order valence-electron chi connectivity index (χ4n) is 2.38. The van der Waals surface area contributed by atoms with E-state index in [9.17, 15) is 0 Å². The summed E-state index contributed by atoms with van der Waals surface area (Å²) in [6, 6.07) is 0.740. The summed E-state index contributed by atoms with van der Waals surface area (Å²) in [6.07, 6.45) is 6.91. The molecule has 0 bridgehead atoms. The van der Waals surface area contributed by atoms with E-state index in [0.29, 0.717) is 0 Å². The van der Waals surface area contributed by atoms with E-state index < -0.39 is 0 Å². The average Bonchev–Trinajstić information content (AvgIpc) is 2.24. The number of nitrogens with one attached hydrogen (secondary N) is 1. The second-order valence-electron chi connectivity index (χ2n) is 5.32. The Morgan fingerprint density at radius 2 is 2.13 bits per heavy atom. The van der Waals surface area contributed by atoms with Gasteiger partial charge in [0.1, 0.15) is 0 Å². The Morgan fingerprint density at radius 1 is 1.33 bits per heavy atom. The summed E-state index contributed by atoms with van der Waals surface area (Å²) in [5, 5.41) is 3.40. The number of piperidine rings is 1. The molecule has 1 heterocycles. The molecule has 0 spiro atoms. The molecule has 1 N–H and O–H groups in total. The minimum atomic E-state index is 0.740. The van der Waals surface area contributed by atoms with Gasteiger partial charge in [0.05, 0.1) is 0 Å². The highest BCUT2D eigenvalue weighted by atomic mass is 15.2. The van der Waals surface area contributed by atoms with Crippen molar-refractivity contribution in [1.82, 2.24) is 10.2 Å². The third-order valence-electron chi connectivity index (χ3n) is 3.42. The molecule has 1 fully saturated rings. The summed E-state index contributed by atoms with van der Waals surface area (Å²) in [5.74, 6) is 0.872. The van der Waals surface area contributed by atoms with Gasteiger partial charge in [-0.2, -0.15) is 0 Å². The minimum Gasteiger partial charge on any atom is -0.316 e. The zero-order chi connectivity index (χ0) is 11.1. The van der Waals surface area contributed by atoms with Gasteiger partial charge in [0.2, 0.25) is 0 Å². The highest BCUT2D eigenvalue weighted by molar-refractivity contribution is 4.76. The van der Waals surface area contributed by atoms with Crippen LogP contribution in [0.2, 0.25) is 0 Å². The Balaban J connectivity index is 2.05. The lowest BCUT2D eigenvalue weighted by Gasteiger charge is -2.32. The topological polar surface area (TPSA) is 15.3 Å². The van der Waals surface area contributed by atoms with E-state index in [2.05, 4.69) is 31.1 Å². The van der Waals surface area contributed by atoms with Crippen molar-refractivity contribution in [1.29, 1.82) is 0 Å². The Morgan fingerprint density at radius 3 is 2.80 bits per heavy atom. The Bertz CT molecular complexity index is 157. The van der Waals surface area contributed by atoms with E-state index in [1.165, 1.54) is 51.7 Å². The summed E-state index contributed by atoms with van der Waals surface area (Å²) in [7, 11) is 2.09. The van der Waals surface area contributed by atoms with Crippen LogP contribution in [0, 0.1) is 5.92 Å². The fraction of sp³-hybridized carbons (Fsp3) is 1.00. The third-order valence-corrected chi connectivity index (χ3v) is 3.42. The summed E-state index contributed by atoms with van der Waals surface area (Å²) in [6.45, 7) is 8.53. The van der Waals surface area contributed by atoms with Crippen molar-refractivity contribution in [3.8, 4) is 0 Å². The van der Waals surface area contributed by atoms with Crippen LogP contribution in [0.1, 0.15) is 46.0 Å². The first-order valence-electron chi connectivity index (χ1n) is 6.62. The molecule has 0 saturated carbocycles. The molecular weight excluding hydrogens is 184 g/mol. The molecule has 15 heavy (non-hydrogen) atoms. The lowest BCUT2D eigenvalue weighted by molar-refractivity contribution is 0.191. The number of unbranched alkanes of at least 4 members (excludes halogenated alkanes) is 1. The van der Waals surface area contributed by atoms with Crippen molar-refractivity contribution in [2.24, 2.45) is 5.92 Å². The molecule has 0 aromatic carbocycles. The van der Waals surface area contributed by atoms with E-state index in [1.54, 1.807) is 0 Å². The van der Waals surface area contributed by atoms with Gasteiger partial charge in [0.15, 0.2) is 0 Å². The molecule has 1 atom stereocenters. The zero-order valence-corrected chi connectivity index (χ0v) is 10.8. The Kier molecular flexibility index (Phi) is 6.26. The van der Waals surface area contributed by atoms with E-state index >= 15 is 0 Å². The van der Waals surface area contributed by atoms with E-state index in [0.717, 1.165) is 12.0 Å². The van der Waals surface area contributed by atoms with Gasteiger partial charge < -0.3 is 10.2 Å². The number of likely N-dealkylation sites (tertiary alicyclic amines) is 1. The molecule has 1 aliphatic heterocycles. The second-order valence-corrected chi connectivity index (χ2v) is 5.32. The van der Waals surface area contributed by atoms with Crippen LogP contribution in [-0.4, -0.2) is 37.6 Å². The minimum absolute atomic E-state index is 0.740. The fourth-order valence-corrected chi connectivity index (χ4v) is 2.38. The molecule has 0 aromatic rings. The Labute approximate surface area is 95.4 Å². The summed E-state index contributed by atoms with van der Waals surface area (Å²) < 4.78 is 0. The molecule has 0 aromatic heterocycles. The van der Waals surface area contributed by atoms with Crippen molar-refractivity contribution in [2.75, 3.05) is 26.7 Å². The molecule has 0 amide bonds. The van der Waals surface area contributed by atoms with Crippen molar-refractivity contribution >= 4 is 0 Å².